The number of likely N-dealkylation sites (tertiary alicyclic amines) is 1. The Hall–Kier alpha value is -2.24. The number of rotatable bonds is 5. The van der Waals surface area contributed by atoms with E-state index in [2.05, 4.69) is 34.1 Å². The van der Waals surface area contributed by atoms with Gasteiger partial charge in [-0.3, -0.25) is 9.78 Å². The highest BCUT2D eigenvalue weighted by atomic mass is 16.5. The number of carbonyl (C=O) groups is 1. The zero-order valence-corrected chi connectivity index (χ0v) is 14.7. The van der Waals surface area contributed by atoms with Crippen molar-refractivity contribution >= 4 is 5.91 Å². The molecule has 2 aromatic rings. The summed E-state index contributed by atoms with van der Waals surface area (Å²) in [5.74, 6) is 1.09. The van der Waals surface area contributed by atoms with Crippen molar-refractivity contribution < 1.29 is 9.53 Å². The summed E-state index contributed by atoms with van der Waals surface area (Å²) in [7, 11) is 0. The summed E-state index contributed by atoms with van der Waals surface area (Å²) in [4.78, 5) is 18.1. The van der Waals surface area contributed by atoms with Crippen LogP contribution in [-0.2, 0) is 10.2 Å². The molecule has 1 aliphatic carbocycles. The number of pyridine rings is 1. The average molecular weight is 349 g/mol. The summed E-state index contributed by atoms with van der Waals surface area (Å²) in [6, 6.07) is 10.6. The molecule has 2 saturated heterocycles. The maximum atomic E-state index is 11.4. The van der Waals surface area contributed by atoms with Crippen molar-refractivity contribution in [1.82, 2.24) is 9.88 Å². The molecule has 0 radical (unpaired) electrons. The first kappa shape index (κ1) is 16.0. The summed E-state index contributed by atoms with van der Waals surface area (Å²) in [5.41, 5.74) is 9.60. The summed E-state index contributed by atoms with van der Waals surface area (Å²) in [6.07, 6.45) is 4.59. The van der Waals surface area contributed by atoms with Gasteiger partial charge in [0, 0.05) is 48.9 Å². The Labute approximate surface area is 153 Å². The van der Waals surface area contributed by atoms with Crippen LogP contribution in [0.1, 0.15) is 22.3 Å². The zero-order chi connectivity index (χ0) is 17.7. The zero-order valence-electron chi connectivity index (χ0n) is 14.7. The standard InChI is InChI=1S/C21H23N3O2/c22-20(25)17-5-16(7-23-8-17)15-1-3-18(4-2-15)21-6-19(21)10-24(13-21)9-14-11-26-12-14/h1-5,7-8,14,19H,6,9-13H2,(H2,22,25)/t19-,21+/m1/s1. The highest BCUT2D eigenvalue weighted by Gasteiger charge is 2.60. The minimum Gasteiger partial charge on any atom is -0.381 e. The fourth-order valence-electron chi connectivity index (χ4n) is 4.66. The lowest BCUT2D eigenvalue weighted by atomic mass is 9.93. The molecule has 1 aromatic carbocycles. The molecule has 0 unspecified atom stereocenters. The van der Waals surface area contributed by atoms with Crippen molar-refractivity contribution in [3.05, 3.63) is 53.9 Å². The molecule has 1 saturated carbocycles. The molecule has 5 heteroatoms. The normalized spacial score (nSPS) is 27.8. The van der Waals surface area contributed by atoms with Gasteiger partial charge in [-0.1, -0.05) is 24.3 Å². The van der Waals surface area contributed by atoms with Gasteiger partial charge in [-0.05, 0) is 29.5 Å². The van der Waals surface area contributed by atoms with Gasteiger partial charge >= 0.3 is 0 Å². The van der Waals surface area contributed by atoms with Crippen molar-refractivity contribution in [3.8, 4) is 11.1 Å². The lowest BCUT2D eigenvalue weighted by Gasteiger charge is -2.31. The molecule has 26 heavy (non-hydrogen) atoms. The number of amides is 1. The first-order valence-electron chi connectivity index (χ1n) is 9.30. The Morgan fingerprint density at radius 2 is 2.04 bits per heavy atom. The molecular formula is C21H23N3O2. The van der Waals surface area contributed by atoms with Gasteiger partial charge in [-0.25, -0.2) is 0 Å². The number of carbonyl (C=O) groups excluding carboxylic acids is 1. The van der Waals surface area contributed by atoms with Gasteiger partial charge in [-0.15, -0.1) is 0 Å². The number of fused-ring (bicyclic) bond motifs is 1. The first-order valence-corrected chi connectivity index (χ1v) is 9.30. The Bertz CT molecular complexity index is 847. The van der Waals surface area contributed by atoms with E-state index in [-0.39, 0.29) is 0 Å². The first-order chi connectivity index (χ1) is 12.6. The predicted molar refractivity (Wildman–Crippen MR) is 98.7 cm³/mol. The lowest BCUT2D eigenvalue weighted by molar-refractivity contribution is -0.0452. The van der Waals surface area contributed by atoms with Crippen LogP contribution in [0.15, 0.2) is 42.7 Å². The number of piperidine rings is 1. The highest BCUT2D eigenvalue weighted by Crippen LogP contribution is 2.59. The molecule has 0 spiro atoms. The second-order valence-corrected chi connectivity index (χ2v) is 8.06. The van der Waals surface area contributed by atoms with Crippen molar-refractivity contribution in [2.24, 2.45) is 17.6 Å². The van der Waals surface area contributed by atoms with Gasteiger partial charge < -0.3 is 15.4 Å². The predicted octanol–water partition coefficient (Wildman–Crippen LogP) is 2.07. The molecule has 3 aliphatic rings. The van der Waals surface area contributed by atoms with Crippen molar-refractivity contribution in [2.75, 3.05) is 32.8 Å². The molecule has 2 aliphatic heterocycles. The third-order valence-corrected chi connectivity index (χ3v) is 6.26. The van der Waals surface area contributed by atoms with Gasteiger partial charge in [0.15, 0.2) is 0 Å². The number of aromatic nitrogens is 1. The van der Waals surface area contributed by atoms with E-state index >= 15 is 0 Å². The van der Waals surface area contributed by atoms with Gasteiger partial charge in [0.2, 0.25) is 5.91 Å². The molecule has 1 aromatic heterocycles. The highest BCUT2D eigenvalue weighted by molar-refractivity contribution is 5.93. The molecule has 3 heterocycles. The van der Waals surface area contributed by atoms with E-state index in [4.69, 9.17) is 10.5 Å². The second kappa shape index (κ2) is 5.89. The van der Waals surface area contributed by atoms with Crippen LogP contribution in [0.4, 0.5) is 0 Å². The molecule has 0 bridgehead atoms. The third-order valence-electron chi connectivity index (χ3n) is 6.26. The lowest BCUT2D eigenvalue weighted by Crippen LogP contribution is -2.40. The minimum atomic E-state index is -0.446. The molecule has 5 nitrogen and oxygen atoms in total. The molecular weight excluding hydrogens is 326 g/mol. The molecule has 134 valence electrons. The van der Waals surface area contributed by atoms with E-state index in [9.17, 15) is 4.79 Å². The quantitative estimate of drug-likeness (QED) is 0.897. The van der Waals surface area contributed by atoms with Crippen LogP contribution in [0.2, 0.25) is 0 Å². The Morgan fingerprint density at radius 1 is 1.23 bits per heavy atom. The summed E-state index contributed by atoms with van der Waals surface area (Å²) < 4.78 is 5.31. The van der Waals surface area contributed by atoms with Crippen LogP contribution in [0.5, 0.6) is 0 Å². The van der Waals surface area contributed by atoms with E-state index < -0.39 is 5.91 Å². The Kier molecular flexibility index (Phi) is 3.62. The van der Waals surface area contributed by atoms with Crippen molar-refractivity contribution in [2.45, 2.75) is 11.8 Å². The Morgan fingerprint density at radius 3 is 2.73 bits per heavy atom. The second-order valence-electron chi connectivity index (χ2n) is 8.06. The van der Waals surface area contributed by atoms with Gasteiger partial charge in [0.05, 0.1) is 18.8 Å². The summed E-state index contributed by atoms with van der Waals surface area (Å²) in [5, 5.41) is 0. The fourth-order valence-corrected chi connectivity index (χ4v) is 4.66. The summed E-state index contributed by atoms with van der Waals surface area (Å²) >= 11 is 0. The van der Waals surface area contributed by atoms with E-state index in [0.717, 1.165) is 36.2 Å². The molecule has 3 fully saturated rings. The van der Waals surface area contributed by atoms with Gasteiger partial charge in [0.25, 0.3) is 0 Å². The molecule has 1 amide bonds. The molecule has 5 rings (SSSR count). The van der Waals surface area contributed by atoms with E-state index in [1.165, 1.54) is 37.8 Å². The van der Waals surface area contributed by atoms with Crippen molar-refractivity contribution in [3.63, 3.8) is 0 Å². The molecule has 2 N–H and O–H groups in total. The van der Waals surface area contributed by atoms with Crippen molar-refractivity contribution in [1.29, 1.82) is 0 Å². The van der Waals surface area contributed by atoms with E-state index in [1.54, 1.807) is 12.3 Å². The van der Waals surface area contributed by atoms with E-state index in [0.29, 0.717) is 11.0 Å². The van der Waals surface area contributed by atoms with Gasteiger partial charge in [-0.2, -0.15) is 0 Å². The number of hydrogen-bond donors (Lipinski definition) is 1. The SMILES string of the molecule is NC(=O)c1cncc(-c2ccc([C@@]34C[C@@H]3CN(CC3COC3)C4)cc2)c1. The van der Waals surface area contributed by atoms with Crippen LogP contribution < -0.4 is 5.73 Å². The third kappa shape index (κ3) is 2.63. The number of benzene rings is 1. The largest absolute Gasteiger partial charge is 0.381 e. The average Bonchev–Trinajstić information content (AvgIpc) is 3.20. The molecule has 2 atom stereocenters. The topological polar surface area (TPSA) is 68.5 Å². The number of ether oxygens (including phenoxy) is 1. The maximum absolute atomic E-state index is 11.4. The number of primary amides is 1. The monoisotopic (exact) mass is 349 g/mol. The Balaban J connectivity index is 1.33. The summed E-state index contributed by atoms with van der Waals surface area (Å²) in [6.45, 7) is 5.44. The number of nitrogens with zero attached hydrogens (tertiary/aromatic N) is 2. The van der Waals surface area contributed by atoms with Gasteiger partial charge in [0.1, 0.15) is 0 Å². The number of hydrogen-bond acceptors (Lipinski definition) is 4. The van der Waals surface area contributed by atoms with E-state index in [1.807, 2.05) is 0 Å². The van der Waals surface area contributed by atoms with Crippen LogP contribution in [0.25, 0.3) is 11.1 Å². The smallest absolute Gasteiger partial charge is 0.250 e. The van der Waals surface area contributed by atoms with Crippen LogP contribution in [0.3, 0.4) is 0 Å². The number of nitrogens with two attached hydrogens (primary N) is 1. The van der Waals surface area contributed by atoms with Crippen LogP contribution in [-0.4, -0.2) is 48.6 Å². The van der Waals surface area contributed by atoms with Crippen LogP contribution >= 0.6 is 0 Å². The maximum Gasteiger partial charge on any atom is 0.250 e. The fraction of sp³-hybridized carbons (Fsp3) is 0.429. The van der Waals surface area contributed by atoms with Crippen LogP contribution in [0, 0.1) is 11.8 Å². The minimum absolute atomic E-state index is 0.358.